The molecule has 2 saturated heterocycles. The minimum Gasteiger partial charge on any atom is -0.406 e. The lowest BCUT2D eigenvalue weighted by molar-refractivity contribution is -0.274. The van der Waals surface area contributed by atoms with Crippen LogP contribution in [0.2, 0.25) is 0 Å². The molecule has 2 aliphatic heterocycles. The van der Waals surface area contributed by atoms with E-state index in [1.54, 1.807) is 4.90 Å². The number of halogens is 4. The zero-order chi connectivity index (χ0) is 25.4. The number of morpholine rings is 1. The van der Waals surface area contributed by atoms with Crippen LogP contribution in [0.3, 0.4) is 0 Å². The molecule has 1 aromatic carbocycles. The number of piperidine rings is 1. The van der Waals surface area contributed by atoms with Gasteiger partial charge in [0.05, 0.1) is 18.4 Å². The zero-order valence-electron chi connectivity index (χ0n) is 19.2. The molecule has 0 spiro atoms. The molecule has 4 N–H and O–H groups in total. The molecule has 0 saturated carbocycles. The first kappa shape index (κ1) is 24.3. The maximum absolute atomic E-state index is 15.0. The molecule has 1 unspecified atom stereocenters. The quantitative estimate of drug-likeness (QED) is 0.366. The molecule has 2 aliphatic rings. The first-order chi connectivity index (χ1) is 17.2. The number of hydrogen-bond donors (Lipinski definition) is 3. The van der Waals surface area contributed by atoms with Crippen molar-refractivity contribution in [1.82, 2.24) is 20.2 Å². The number of hydrogen-bond acceptors (Lipinski definition) is 6. The highest BCUT2D eigenvalue weighted by Crippen LogP contribution is 2.36. The smallest absolute Gasteiger partial charge is 0.406 e. The number of benzene rings is 1. The van der Waals surface area contributed by atoms with Crippen LogP contribution in [0, 0.1) is 5.82 Å². The van der Waals surface area contributed by atoms with E-state index >= 15 is 0 Å². The fourth-order valence-electron chi connectivity index (χ4n) is 4.92. The number of aromatic amines is 1. The van der Waals surface area contributed by atoms with Gasteiger partial charge in [-0.2, -0.15) is 0 Å². The molecule has 12 heteroatoms. The number of ether oxygens (including phenoxy) is 2. The number of nitrogens with zero attached hydrogens (tertiary/aromatic N) is 2. The van der Waals surface area contributed by atoms with Crippen molar-refractivity contribution in [3.05, 3.63) is 53.1 Å². The van der Waals surface area contributed by atoms with Crippen molar-refractivity contribution in [1.29, 1.82) is 0 Å². The summed E-state index contributed by atoms with van der Waals surface area (Å²) in [7, 11) is 0. The monoisotopic (exact) mass is 507 g/mol. The summed E-state index contributed by atoms with van der Waals surface area (Å²) in [6.45, 7) is 2.71. The van der Waals surface area contributed by atoms with Crippen LogP contribution in [0.15, 0.2) is 30.5 Å². The van der Waals surface area contributed by atoms with E-state index in [9.17, 15) is 22.4 Å². The fraction of sp³-hybridized carbons (Fsp3) is 0.417. The number of anilines is 1. The Kier molecular flexibility index (Phi) is 6.47. The average Bonchev–Trinajstić information content (AvgIpc) is 3.28. The van der Waals surface area contributed by atoms with Crippen LogP contribution in [0.25, 0.3) is 11.0 Å². The topological polar surface area (TPSA) is 106 Å². The van der Waals surface area contributed by atoms with E-state index < -0.39 is 23.8 Å². The summed E-state index contributed by atoms with van der Waals surface area (Å²) in [5.41, 5.74) is 7.81. The number of aromatic nitrogens is 2. The number of carbonyl (C=O) groups is 1. The van der Waals surface area contributed by atoms with E-state index in [-0.39, 0.29) is 23.3 Å². The molecule has 8 nitrogen and oxygen atoms in total. The maximum atomic E-state index is 15.0. The van der Waals surface area contributed by atoms with Crippen LogP contribution in [-0.2, 0) is 4.74 Å². The predicted octanol–water partition coefficient (Wildman–Crippen LogP) is 3.86. The number of H-pyrrole nitrogens is 1. The Bertz CT molecular complexity index is 1260. The van der Waals surface area contributed by atoms with E-state index in [4.69, 9.17) is 10.5 Å². The molecule has 5 rings (SSSR count). The van der Waals surface area contributed by atoms with E-state index in [2.05, 4.69) is 20.0 Å². The van der Waals surface area contributed by atoms with Gasteiger partial charge in [-0.05, 0) is 37.0 Å². The Labute approximate surface area is 203 Å². The summed E-state index contributed by atoms with van der Waals surface area (Å²) in [4.78, 5) is 22.0. The van der Waals surface area contributed by atoms with Crippen LogP contribution in [-0.4, -0.2) is 59.9 Å². The van der Waals surface area contributed by atoms with Crippen molar-refractivity contribution >= 4 is 22.6 Å². The van der Waals surface area contributed by atoms with E-state index in [0.717, 1.165) is 24.4 Å². The Morgan fingerprint density at radius 2 is 2.00 bits per heavy atom. The second kappa shape index (κ2) is 9.58. The number of fused-ring (bicyclic) bond motifs is 1. The SMILES string of the molecule is Nc1cc(OC(F)(F)F)ccc1C(=O)N1CCC(c2c(F)cnc3[nH]c(C4CNCCO4)cc23)CC1. The summed E-state index contributed by atoms with van der Waals surface area (Å²) in [6.07, 6.45) is -2.78. The number of nitrogens with two attached hydrogens (primary N) is 1. The Morgan fingerprint density at radius 1 is 1.22 bits per heavy atom. The molecule has 1 amide bonds. The summed E-state index contributed by atoms with van der Waals surface area (Å²) in [5, 5.41) is 3.97. The fourth-order valence-corrected chi connectivity index (χ4v) is 4.92. The third-order valence-corrected chi connectivity index (χ3v) is 6.62. The van der Waals surface area contributed by atoms with Crippen LogP contribution in [0.5, 0.6) is 5.75 Å². The van der Waals surface area contributed by atoms with Gasteiger partial charge in [0.1, 0.15) is 23.3 Å². The highest BCUT2D eigenvalue weighted by molar-refractivity contribution is 5.99. The Balaban J connectivity index is 1.30. The second-order valence-electron chi connectivity index (χ2n) is 8.93. The molecule has 0 radical (unpaired) electrons. The number of pyridine rings is 1. The van der Waals surface area contributed by atoms with Gasteiger partial charge in [-0.25, -0.2) is 9.37 Å². The Morgan fingerprint density at radius 3 is 2.67 bits per heavy atom. The third-order valence-electron chi connectivity index (χ3n) is 6.62. The van der Waals surface area contributed by atoms with Gasteiger partial charge >= 0.3 is 6.36 Å². The van der Waals surface area contributed by atoms with E-state index in [1.807, 2.05) is 6.07 Å². The number of nitrogens with one attached hydrogen (secondary N) is 2. The normalized spacial score (nSPS) is 19.6. The predicted molar refractivity (Wildman–Crippen MR) is 123 cm³/mol. The summed E-state index contributed by atoms with van der Waals surface area (Å²) < 4.78 is 62.0. The minimum absolute atomic E-state index is 0.0943. The molecule has 2 fully saturated rings. The van der Waals surface area contributed by atoms with Crippen LogP contribution < -0.4 is 15.8 Å². The number of amides is 1. The molecular formula is C24H25F4N5O3. The van der Waals surface area contributed by atoms with Crippen molar-refractivity contribution in [3.63, 3.8) is 0 Å². The van der Waals surface area contributed by atoms with Crippen molar-refractivity contribution < 1.29 is 31.8 Å². The molecule has 0 aliphatic carbocycles. The van der Waals surface area contributed by atoms with Crippen molar-refractivity contribution in [2.24, 2.45) is 0 Å². The zero-order valence-corrected chi connectivity index (χ0v) is 19.2. The van der Waals surface area contributed by atoms with Gasteiger partial charge in [-0.15, -0.1) is 13.2 Å². The van der Waals surface area contributed by atoms with Gasteiger partial charge in [-0.3, -0.25) is 4.79 Å². The third kappa shape index (κ3) is 4.96. The lowest BCUT2D eigenvalue weighted by Gasteiger charge is -2.33. The molecule has 4 heterocycles. The summed E-state index contributed by atoms with van der Waals surface area (Å²) in [6, 6.07) is 5.15. The summed E-state index contributed by atoms with van der Waals surface area (Å²) >= 11 is 0. The summed E-state index contributed by atoms with van der Waals surface area (Å²) in [5.74, 6) is -1.41. The van der Waals surface area contributed by atoms with Crippen LogP contribution in [0.4, 0.5) is 23.2 Å². The van der Waals surface area contributed by atoms with E-state index in [1.165, 1.54) is 12.3 Å². The molecular weight excluding hydrogens is 482 g/mol. The first-order valence-corrected chi connectivity index (χ1v) is 11.6. The second-order valence-corrected chi connectivity index (χ2v) is 8.93. The molecule has 1 atom stereocenters. The standard InChI is InChI=1S/C24H25F4N5O3/c25-17-11-31-22-16(10-19(32-22)20-12-30-5-8-35-20)21(17)13-3-6-33(7-4-13)23(34)15-2-1-14(9-18(15)29)36-24(26,27)28/h1-2,9-11,13,20,30H,3-8,12,29H2,(H,31,32). The number of carbonyl (C=O) groups excluding carboxylic acids is 1. The van der Waals surface area contributed by atoms with Crippen LogP contribution in [0.1, 0.15) is 46.5 Å². The van der Waals surface area contributed by atoms with Gasteiger partial charge in [0.15, 0.2) is 0 Å². The number of nitrogen functional groups attached to an aromatic ring is 1. The van der Waals surface area contributed by atoms with E-state index in [0.29, 0.717) is 55.7 Å². The lowest BCUT2D eigenvalue weighted by atomic mass is 9.87. The number of rotatable bonds is 4. The Hall–Kier alpha value is -3.38. The van der Waals surface area contributed by atoms with Crippen molar-refractivity contribution in [2.45, 2.75) is 31.2 Å². The van der Waals surface area contributed by atoms with Crippen LogP contribution >= 0.6 is 0 Å². The number of alkyl halides is 3. The molecule has 2 aromatic heterocycles. The van der Waals surface area contributed by atoms with Gasteiger partial charge < -0.3 is 30.4 Å². The van der Waals surface area contributed by atoms with Crippen molar-refractivity contribution in [2.75, 3.05) is 38.5 Å². The maximum Gasteiger partial charge on any atom is 0.573 e. The van der Waals surface area contributed by atoms with Gasteiger partial charge in [0.25, 0.3) is 5.91 Å². The minimum atomic E-state index is -4.85. The van der Waals surface area contributed by atoms with Crippen molar-refractivity contribution in [3.8, 4) is 5.75 Å². The molecule has 36 heavy (non-hydrogen) atoms. The molecule has 0 bridgehead atoms. The van der Waals surface area contributed by atoms with Gasteiger partial charge in [-0.1, -0.05) is 0 Å². The highest BCUT2D eigenvalue weighted by Gasteiger charge is 2.32. The number of likely N-dealkylation sites (tertiary alicyclic amines) is 1. The lowest BCUT2D eigenvalue weighted by Crippen LogP contribution is -2.38. The average molecular weight is 507 g/mol. The van der Waals surface area contributed by atoms with Gasteiger partial charge in [0, 0.05) is 54.6 Å². The first-order valence-electron chi connectivity index (χ1n) is 11.6. The highest BCUT2D eigenvalue weighted by atomic mass is 19.4. The largest absolute Gasteiger partial charge is 0.573 e. The molecule has 192 valence electrons. The molecule has 3 aromatic rings. The van der Waals surface area contributed by atoms with Gasteiger partial charge in [0.2, 0.25) is 0 Å².